The van der Waals surface area contributed by atoms with Crippen molar-refractivity contribution in [2.45, 2.75) is 26.2 Å². The first-order chi connectivity index (χ1) is 17.2. The molecular formula is C27H32Cl3N3O3. The molecule has 2 aromatic rings. The summed E-state index contributed by atoms with van der Waals surface area (Å²) in [7, 11) is 2.08. The molecule has 2 fully saturated rings. The Bertz CT molecular complexity index is 1110. The first-order valence-electron chi connectivity index (χ1n) is 12.3. The maximum atomic E-state index is 13.3. The summed E-state index contributed by atoms with van der Waals surface area (Å²) in [4.78, 5) is 32.5. The molecule has 6 nitrogen and oxygen atoms in total. The Hall–Kier alpha value is -1.99. The number of piperidine rings is 1. The Kier molecular flexibility index (Phi) is 8.71. The molecule has 9 heteroatoms. The molecule has 194 valence electrons. The van der Waals surface area contributed by atoms with Crippen LogP contribution < -0.4 is 4.74 Å². The zero-order valence-electron chi connectivity index (χ0n) is 20.7. The Balaban J connectivity index is 1.46. The summed E-state index contributed by atoms with van der Waals surface area (Å²) in [6.07, 6.45) is 1.75. The zero-order chi connectivity index (χ0) is 25.9. The van der Waals surface area contributed by atoms with Crippen molar-refractivity contribution in [3.05, 3.63) is 62.6 Å². The third-order valence-corrected chi connectivity index (χ3v) is 8.50. The molecule has 0 radical (unpaired) electrons. The first-order valence-corrected chi connectivity index (χ1v) is 13.4. The average Bonchev–Trinajstić information content (AvgIpc) is 2.87. The number of hydrogen-bond donors (Lipinski definition) is 0. The van der Waals surface area contributed by atoms with Gasteiger partial charge in [-0.3, -0.25) is 9.59 Å². The van der Waals surface area contributed by atoms with E-state index in [0.29, 0.717) is 59.6 Å². The molecule has 0 aliphatic carbocycles. The number of piperazine rings is 1. The Morgan fingerprint density at radius 1 is 0.861 bits per heavy atom. The number of halogens is 3. The molecule has 2 aromatic carbocycles. The van der Waals surface area contributed by atoms with Crippen molar-refractivity contribution in [1.82, 2.24) is 14.7 Å². The predicted octanol–water partition coefficient (Wildman–Crippen LogP) is 5.42. The number of ether oxygens (including phenoxy) is 1. The van der Waals surface area contributed by atoms with E-state index in [1.165, 1.54) is 0 Å². The summed E-state index contributed by atoms with van der Waals surface area (Å²) < 4.78 is 6.23. The highest BCUT2D eigenvalue weighted by Gasteiger charge is 2.40. The number of carbonyl (C=O) groups is 2. The number of amides is 2. The lowest BCUT2D eigenvalue weighted by atomic mass is 9.75. The summed E-state index contributed by atoms with van der Waals surface area (Å²) in [5, 5.41) is 1.47. The van der Waals surface area contributed by atoms with Gasteiger partial charge in [-0.15, -0.1) is 0 Å². The van der Waals surface area contributed by atoms with Crippen molar-refractivity contribution in [3.63, 3.8) is 0 Å². The molecule has 2 aliphatic heterocycles. The Morgan fingerprint density at radius 2 is 1.53 bits per heavy atom. The van der Waals surface area contributed by atoms with E-state index in [-0.39, 0.29) is 17.2 Å². The highest BCUT2D eigenvalue weighted by Crippen LogP contribution is 2.38. The minimum Gasteiger partial charge on any atom is -0.493 e. The van der Waals surface area contributed by atoms with Crippen LogP contribution in [0.25, 0.3) is 0 Å². The van der Waals surface area contributed by atoms with Crippen LogP contribution in [0.4, 0.5) is 0 Å². The van der Waals surface area contributed by atoms with Gasteiger partial charge in [0.1, 0.15) is 5.75 Å². The lowest BCUT2D eigenvalue weighted by molar-refractivity contribution is -0.136. The Morgan fingerprint density at radius 3 is 2.17 bits per heavy atom. The Labute approximate surface area is 228 Å². The molecule has 2 heterocycles. The number of hydrogen-bond acceptors (Lipinski definition) is 4. The topological polar surface area (TPSA) is 53.1 Å². The number of carbonyl (C=O) groups excluding carboxylic acids is 2. The van der Waals surface area contributed by atoms with Gasteiger partial charge in [0, 0.05) is 61.7 Å². The monoisotopic (exact) mass is 551 g/mol. The third-order valence-electron chi connectivity index (χ3n) is 7.33. The molecule has 0 N–H and O–H groups in total. The standard InChI is InChI=1S/C27H32Cl3N3O3/c1-19-15-21(4-6-22(19)28)36-18-27(17-25(34)32-13-11-31(2)12-14-32)7-9-33(10-8-27)26(35)20-3-5-23(29)24(30)16-20/h3-6,15-16H,7-14,17-18H2,1-2H3. The SMILES string of the molecule is Cc1cc(OCC2(CC(=O)N3CCN(C)CC3)CCN(C(=O)c3ccc(Cl)c(Cl)c3)CC2)ccc1Cl. The second-order valence-corrected chi connectivity index (χ2v) is 11.2. The normalized spacial score (nSPS) is 18.2. The second-order valence-electron chi connectivity index (χ2n) is 9.98. The second kappa shape index (κ2) is 11.6. The van der Waals surface area contributed by atoms with Crippen LogP contribution in [0, 0.1) is 12.3 Å². The highest BCUT2D eigenvalue weighted by atomic mass is 35.5. The lowest BCUT2D eigenvalue weighted by Crippen LogP contribution is -2.51. The van der Waals surface area contributed by atoms with Crippen molar-refractivity contribution < 1.29 is 14.3 Å². The quantitative estimate of drug-likeness (QED) is 0.480. The molecule has 2 amide bonds. The van der Waals surface area contributed by atoms with E-state index in [4.69, 9.17) is 39.5 Å². The van der Waals surface area contributed by atoms with Crippen LogP contribution in [0.3, 0.4) is 0 Å². The summed E-state index contributed by atoms with van der Waals surface area (Å²) in [5.74, 6) is 0.808. The van der Waals surface area contributed by atoms with Gasteiger partial charge in [0.2, 0.25) is 5.91 Å². The summed E-state index contributed by atoms with van der Waals surface area (Å²) in [6, 6.07) is 10.5. The molecule has 2 saturated heterocycles. The number of likely N-dealkylation sites (N-methyl/N-ethyl adjacent to an activating group) is 1. The molecular weight excluding hydrogens is 521 g/mol. The smallest absolute Gasteiger partial charge is 0.253 e. The van der Waals surface area contributed by atoms with Crippen LogP contribution in [0.1, 0.15) is 35.2 Å². The molecule has 0 bridgehead atoms. The van der Waals surface area contributed by atoms with E-state index in [9.17, 15) is 9.59 Å². The van der Waals surface area contributed by atoms with E-state index in [1.54, 1.807) is 18.2 Å². The zero-order valence-corrected chi connectivity index (χ0v) is 23.0. The molecule has 36 heavy (non-hydrogen) atoms. The van der Waals surface area contributed by atoms with Gasteiger partial charge in [-0.05, 0) is 68.8 Å². The minimum atomic E-state index is -0.359. The van der Waals surface area contributed by atoms with Crippen LogP contribution in [0.5, 0.6) is 5.75 Å². The fourth-order valence-electron chi connectivity index (χ4n) is 4.80. The van der Waals surface area contributed by atoms with Crippen molar-refractivity contribution in [2.75, 3.05) is 52.9 Å². The van der Waals surface area contributed by atoms with Gasteiger partial charge in [0.15, 0.2) is 0 Å². The van der Waals surface area contributed by atoms with E-state index < -0.39 is 0 Å². The highest BCUT2D eigenvalue weighted by molar-refractivity contribution is 6.42. The minimum absolute atomic E-state index is 0.0817. The fraction of sp³-hybridized carbons (Fsp3) is 0.481. The van der Waals surface area contributed by atoms with E-state index in [1.807, 2.05) is 34.9 Å². The predicted molar refractivity (Wildman–Crippen MR) is 144 cm³/mol. The molecule has 0 saturated carbocycles. The van der Waals surface area contributed by atoms with Gasteiger partial charge < -0.3 is 19.4 Å². The number of likely N-dealkylation sites (tertiary alicyclic amines) is 1. The first kappa shape index (κ1) is 27.1. The molecule has 0 aromatic heterocycles. The van der Waals surface area contributed by atoms with Crippen molar-refractivity contribution in [2.24, 2.45) is 5.41 Å². The lowest BCUT2D eigenvalue weighted by Gasteiger charge is -2.42. The molecule has 2 aliphatic rings. The summed E-state index contributed by atoms with van der Waals surface area (Å²) in [6.45, 7) is 6.67. The number of benzene rings is 2. The number of nitrogens with zero attached hydrogens (tertiary/aromatic N) is 3. The van der Waals surface area contributed by atoms with Crippen molar-refractivity contribution >= 4 is 46.6 Å². The van der Waals surface area contributed by atoms with Gasteiger partial charge in [0.25, 0.3) is 5.91 Å². The van der Waals surface area contributed by atoms with Crippen LogP contribution in [0.2, 0.25) is 15.1 Å². The maximum absolute atomic E-state index is 13.3. The van der Waals surface area contributed by atoms with Gasteiger partial charge in [0.05, 0.1) is 16.7 Å². The third kappa shape index (κ3) is 6.46. The maximum Gasteiger partial charge on any atom is 0.253 e. The molecule has 0 atom stereocenters. The molecule has 0 spiro atoms. The van der Waals surface area contributed by atoms with Crippen LogP contribution in [-0.4, -0.2) is 79.4 Å². The van der Waals surface area contributed by atoms with Crippen LogP contribution in [-0.2, 0) is 4.79 Å². The van der Waals surface area contributed by atoms with E-state index in [0.717, 1.165) is 37.5 Å². The fourth-order valence-corrected chi connectivity index (χ4v) is 5.22. The number of aryl methyl sites for hydroxylation is 1. The van der Waals surface area contributed by atoms with Gasteiger partial charge in [-0.1, -0.05) is 34.8 Å². The van der Waals surface area contributed by atoms with Crippen molar-refractivity contribution in [3.8, 4) is 5.75 Å². The summed E-state index contributed by atoms with van der Waals surface area (Å²) in [5.41, 5.74) is 1.10. The van der Waals surface area contributed by atoms with Crippen LogP contribution >= 0.6 is 34.8 Å². The molecule has 4 rings (SSSR count). The van der Waals surface area contributed by atoms with Gasteiger partial charge in [-0.2, -0.15) is 0 Å². The number of rotatable bonds is 6. The molecule has 0 unspecified atom stereocenters. The van der Waals surface area contributed by atoms with Gasteiger partial charge in [-0.25, -0.2) is 0 Å². The van der Waals surface area contributed by atoms with Gasteiger partial charge >= 0.3 is 0 Å². The average molecular weight is 553 g/mol. The van der Waals surface area contributed by atoms with Crippen molar-refractivity contribution in [1.29, 1.82) is 0 Å². The van der Waals surface area contributed by atoms with E-state index in [2.05, 4.69) is 11.9 Å². The largest absolute Gasteiger partial charge is 0.493 e. The van der Waals surface area contributed by atoms with E-state index >= 15 is 0 Å². The summed E-state index contributed by atoms with van der Waals surface area (Å²) >= 11 is 18.3. The van der Waals surface area contributed by atoms with Crippen LogP contribution in [0.15, 0.2) is 36.4 Å².